The van der Waals surface area contributed by atoms with Crippen molar-refractivity contribution in [2.45, 2.75) is 26.8 Å². The maximum Gasteiger partial charge on any atom is 0.235 e. The Morgan fingerprint density at radius 2 is 2.35 bits per heavy atom. The molecule has 6 nitrogen and oxygen atoms in total. The lowest BCUT2D eigenvalue weighted by Crippen LogP contribution is -2.25. The molecule has 93 valence electrons. The SMILES string of the molecule is Cc1nnc(CNC(=S)[CH][C@H](C)CC(N)=O)o1. The van der Waals surface area contributed by atoms with Gasteiger partial charge in [-0.25, -0.2) is 0 Å². The number of carbonyl (C=O) groups excluding carboxylic acids is 1. The molecule has 1 heterocycles. The molecule has 0 aromatic carbocycles. The van der Waals surface area contributed by atoms with Crippen LogP contribution < -0.4 is 11.1 Å². The first kappa shape index (κ1) is 13.6. The van der Waals surface area contributed by atoms with Crippen molar-refractivity contribution in [3.63, 3.8) is 0 Å². The summed E-state index contributed by atoms with van der Waals surface area (Å²) in [7, 11) is 0. The summed E-state index contributed by atoms with van der Waals surface area (Å²) in [5.74, 6) is 0.653. The summed E-state index contributed by atoms with van der Waals surface area (Å²) in [6.07, 6.45) is 2.05. The zero-order chi connectivity index (χ0) is 12.8. The van der Waals surface area contributed by atoms with Gasteiger partial charge < -0.3 is 15.5 Å². The topological polar surface area (TPSA) is 94.0 Å². The first-order chi connectivity index (χ1) is 7.97. The predicted octanol–water partition coefficient (Wildman–Crippen LogP) is 0.511. The van der Waals surface area contributed by atoms with Crippen LogP contribution in [-0.2, 0) is 11.3 Å². The number of hydrogen-bond acceptors (Lipinski definition) is 5. The molecule has 0 aliphatic heterocycles. The summed E-state index contributed by atoms with van der Waals surface area (Å²) < 4.78 is 5.17. The van der Waals surface area contributed by atoms with E-state index in [1.165, 1.54) is 0 Å². The van der Waals surface area contributed by atoms with Crippen molar-refractivity contribution in [2.24, 2.45) is 11.7 Å². The zero-order valence-corrected chi connectivity index (χ0v) is 10.6. The lowest BCUT2D eigenvalue weighted by atomic mass is 10.0. The molecular weight excluding hydrogens is 240 g/mol. The van der Waals surface area contributed by atoms with E-state index < -0.39 is 0 Å². The Bertz CT molecular complexity index is 405. The predicted molar refractivity (Wildman–Crippen MR) is 65.7 cm³/mol. The lowest BCUT2D eigenvalue weighted by Gasteiger charge is -2.10. The van der Waals surface area contributed by atoms with Gasteiger partial charge in [-0.3, -0.25) is 4.79 Å². The van der Waals surface area contributed by atoms with Gasteiger partial charge in [-0.15, -0.1) is 10.2 Å². The van der Waals surface area contributed by atoms with Crippen LogP contribution in [0.5, 0.6) is 0 Å². The summed E-state index contributed by atoms with van der Waals surface area (Å²) in [4.78, 5) is 11.2. The monoisotopic (exact) mass is 255 g/mol. The Morgan fingerprint density at radius 3 is 2.88 bits per heavy atom. The summed E-state index contributed by atoms with van der Waals surface area (Å²) in [6, 6.07) is 0. The average molecular weight is 255 g/mol. The van der Waals surface area contributed by atoms with Crippen molar-refractivity contribution in [3.8, 4) is 0 Å². The van der Waals surface area contributed by atoms with Gasteiger partial charge in [0.2, 0.25) is 17.7 Å². The Kier molecular flexibility index (Phi) is 5.02. The van der Waals surface area contributed by atoms with Crippen LogP contribution in [0.25, 0.3) is 0 Å². The molecule has 17 heavy (non-hydrogen) atoms. The Morgan fingerprint density at radius 1 is 1.65 bits per heavy atom. The maximum atomic E-state index is 10.7. The summed E-state index contributed by atoms with van der Waals surface area (Å²) in [6.45, 7) is 3.96. The van der Waals surface area contributed by atoms with Gasteiger partial charge in [0, 0.05) is 19.8 Å². The highest BCUT2D eigenvalue weighted by Crippen LogP contribution is 2.06. The van der Waals surface area contributed by atoms with Crippen LogP contribution in [0.2, 0.25) is 0 Å². The number of primary amides is 1. The van der Waals surface area contributed by atoms with Gasteiger partial charge in [-0.1, -0.05) is 19.1 Å². The largest absolute Gasteiger partial charge is 0.424 e. The molecule has 0 fully saturated rings. The summed E-state index contributed by atoms with van der Waals surface area (Å²) in [5.41, 5.74) is 5.08. The molecule has 1 radical (unpaired) electrons. The molecule has 1 aromatic heterocycles. The van der Waals surface area contributed by atoms with Crippen molar-refractivity contribution >= 4 is 23.1 Å². The van der Waals surface area contributed by atoms with Gasteiger partial charge >= 0.3 is 0 Å². The van der Waals surface area contributed by atoms with Gasteiger partial charge in [0.15, 0.2) is 0 Å². The summed E-state index contributed by atoms with van der Waals surface area (Å²) >= 11 is 5.08. The number of nitrogens with two attached hydrogens (primary N) is 1. The number of hydrogen-bond donors (Lipinski definition) is 2. The second-order valence-corrected chi connectivity index (χ2v) is 4.19. The highest BCUT2D eigenvalue weighted by atomic mass is 32.1. The molecule has 7 heteroatoms. The van der Waals surface area contributed by atoms with Crippen LogP contribution in [0, 0.1) is 19.3 Å². The third-order valence-electron chi connectivity index (χ3n) is 1.94. The molecule has 0 aliphatic rings. The first-order valence-corrected chi connectivity index (χ1v) is 5.58. The van der Waals surface area contributed by atoms with Crippen LogP contribution in [0.1, 0.15) is 25.1 Å². The number of rotatable bonds is 6. The van der Waals surface area contributed by atoms with E-state index >= 15 is 0 Å². The lowest BCUT2D eigenvalue weighted by molar-refractivity contribution is -0.118. The van der Waals surface area contributed by atoms with Crippen LogP contribution in [0.3, 0.4) is 0 Å². The van der Waals surface area contributed by atoms with Crippen LogP contribution >= 0.6 is 12.2 Å². The standard InChI is InChI=1S/C10H15N4O2S/c1-6(3-8(11)15)4-10(17)12-5-9-14-13-7(2)16-9/h4,6H,3,5H2,1-2H3,(H2,11,15)(H,12,17)/t6-/m1/s1. The number of amides is 1. The molecule has 0 unspecified atom stereocenters. The number of nitrogens with zero attached hydrogens (tertiary/aromatic N) is 2. The number of carbonyl (C=O) groups is 1. The molecule has 1 rings (SSSR count). The Balaban J connectivity index is 2.28. The van der Waals surface area contributed by atoms with Gasteiger partial charge in [0.1, 0.15) is 0 Å². The number of aryl methyl sites for hydroxylation is 1. The summed E-state index contributed by atoms with van der Waals surface area (Å²) in [5, 5.41) is 10.5. The van der Waals surface area contributed by atoms with Crippen molar-refractivity contribution in [3.05, 3.63) is 18.2 Å². The molecule has 0 bridgehead atoms. The van der Waals surface area contributed by atoms with Crippen molar-refractivity contribution in [2.75, 3.05) is 0 Å². The molecular formula is C10H15N4O2S. The van der Waals surface area contributed by atoms with E-state index in [4.69, 9.17) is 22.4 Å². The van der Waals surface area contributed by atoms with E-state index in [-0.39, 0.29) is 18.2 Å². The molecule has 0 saturated heterocycles. The second-order valence-electron chi connectivity index (χ2n) is 3.75. The highest BCUT2D eigenvalue weighted by molar-refractivity contribution is 7.80. The normalized spacial score (nSPS) is 12.1. The van der Waals surface area contributed by atoms with Crippen molar-refractivity contribution in [1.82, 2.24) is 15.5 Å². The van der Waals surface area contributed by atoms with E-state index in [0.717, 1.165) is 0 Å². The van der Waals surface area contributed by atoms with Crippen LogP contribution in [0.15, 0.2) is 4.42 Å². The Hall–Kier alpha value is -1.50. The van der Waals surface area contributed by atoms with Crippen molar-refractivity contribution in [1.29, 1.82) is 0 Å². The minimum absolute atomic E-state index is 0.0110. The molecule has 0 aliphatic carbocycles. The number of thiocarbonyl (C=S) groups is 1. The minimum Gasteiger partial charge on any atom is -0.424 e. The quantitative estimate of drug-likeness (QED) is 0.719. The average Bonchev–Trinajstić information content (AvgIpc) is 2.59. The fraction of sp³-hybridized carbons (Fsp3) is 0.500. The molecule has 1 aromatic rings. The van der Waals surface area contributed by atoms with Gasteiger partial charge in [0.05, 0.1) is 11.5 Å². The first-order valence-electron chi connectivity index (χ1n) is 5.17. The van der Waals surface area contributed by atoms with Crippen LogP contribution in [0.4, 0.5) is 0 Å². The molecule has 1 amide bonds. The van der Waals surface area contributed by atoms with Crippen LogP contribution in [-0.4, -0.2) is 21.1 Å². The van der Waals surface area contributed by atoms with Gasteiger partial charge in [0.25, 0.3) is 0 Å². The fourth-order valence-corrected chi connectivity index (χ4v) is 1.57. The Labute approximate surface area is 105 Å². The van der Waals surface area contributed by atoms with E-state index in [9.17, 15) is 4.79 Å². The zero-order valence-electron chi connectivity index (χ0n) is 9.77. The second kappa shape index (κ2) is 6.29. The molecule has 1 atom stereocenters. The third kappa shape index (κ3) is 5.39. The fourth-order valence-electron chi connectivity index (χ4n) is 1.27. The van der Waals surface area contributed by atoms with E-state index in [1.807, 2.05) is 6.92 Å². The molecule has 0 spiro atoms. The highest BCUT2D eigenvalue weighted by Gasteiger charge is 2.10. The van der Waals surface area contributed by atoms with E-state index in [0.29, 0.717) is 23.3 Å². The van der Waals surface area contributed by atoms with Gasteiger partial charge in [-0.05, 0) is 5.92 Å². The number of aromatic nitrogens is 2. The number of nitrogens with one attached hydrogen (secondary N) is 1. The van der Waals surface area contributed by atoms with E-state index in [1.54, 1.807) is 13.3 Å². The molecule has 0 saturated carbocycles. The van der Waals surface area contributed by atoms with Gasteiger partial charge in [-0.2, -0.15) is 0 Å². The van der Waals surface area contributed by atoms with Crippen molar-refractivity contribution < 1.29 is 9.21 Å². The minimum atomic E-state index is -0.343. The third-order valence-corrected chi connectivity index (χ3v) is 2.22. The van der Waals surface area contributed by atoms with E-state index in [2.05, 4.69) is 15.5 Å². The smallest absolute Gasteiger partial charge is 0.235 e. The molecule has 3 N–H and O–H groups in total. The maximum absolute atomic E-state index is 10.7.